The predicted molar refractivity (Wildman–Crippen MR) is 163 cm³/mol. The van der Waals surface area contributed by atoms with E-state index in [1.165, 1.54) is 54.6 Å². The highest BCUT2D eigenvalue weighted by Gasteiger charge is 2.31. The number of fused-ring (bicyclic) bond motifs is 2. The van der Waals surface area contributed by atoms with E-state index in [9.17, 15) is 26.3 Å². The quantitative estimate of drug-likeness (QED) is 0.179. The summed E-state index contributed by atoms with van der Waals surface area (Å²) in [5, 5.41) is 1.37. The Morgan fingerprint density at radius 2 is 1.02 bits per heavy atom. The van der Waals surface area contributed by atoms with E-state index in [1.54, 1.807) is 18.2 Å². The van der Waals surface area contributed by atoms with Gasteiger partial charge in [0.25, 0.3) is 0 Å². The van der Waals surface area contributed by atoms with Gasteiger partial charge in [-0.1, -0.05) is 12.1 Å². The van der Waals surface area contributed by atoms with Crippen LogP contribution in [0.3, 0.4) is 0 Å². The highest BCUT2D eigenvalue weighted by Crippen LogP contribution is 2.38. The Hall–Kier alpha value is -4.16. The zero-order valence-corrected chi connectivity index (χ0v) is 25.4. The van der Waals surface area contributed by atoms with Crippen LogP contribution < -0.4 is 9.47 Å². The average molecular weight is 647 g/mol. The molecule has 4 aromatic carbocycles. The third kappa shape index (κ3) is 6.66. The fourth-order valence-corrected chi connectivity index (χ4v) is 6.18. The minimum Gasteiger partial charge on any atom is -0.493 e. The van der Waals surface area contributed by atoms with Crippen LogP contribution in [0.25, 0.3) is 41.6 Å². The van der Waals surface area contributed by atoms with Crippen molar-refractivity contribution in [1.29, 1.82) is 0 Å². The maximum atomic E-state index is 12.8. The van der Waals surface area contributed by atoms with Crippen LogP contribution in [0.4, 0.5) is 26.3 Å². The number of aryl methyl sites for hydroxylation is 2. The van der Waals surface area contributed by atoms with E-state index in [2.05, 4.69) is 9.97 Å². The van der Waals surface area contributed by atoms with Gasteiger partial charge in [-0.3, -0.25) is 0 Å². The maximum absolute atomic E-state index is 12.8. The molecule has 0 bridgehead atoms. The minimum absolute atomic E-state index is 0.328. The average Bonchev–Trinajstić information content (AvgIpc) is 3.61. The Kier molecular flexibility index (Phi) is 8.59. The van der Waals surface area contributed by atoms with Crippen LogP contribution >= 0.6 is 22.7 Å². The van der Waals surface area contributed by atoms with Gasteiger partial charge in [0.05, 0.1) is 45.8 Å². The Bertz CT molecular complexity index is 1960. The van der Waals surface area contributed by atoms with Gasteiger partial charge in [-0.15, -0.1) is 22.7 Å². The molecule has 228 valence electrons. The van der Waals surface area contributed by atoms with Crippen LogP contribution in [-0.4, -0.2) is 24.2 Å². The highest BCUT2D eigenvalue weighted by atomic mass is 32.1. The van der Waals surface area contributed by atoms with Gasteiger partial charge < -0.3 is 9.47 Å². The van der Waals surface area contributed by atoms with Crippen molar-refractivity contribution in [2.24, 2.45) is 0 Å². The Labute approximate surface area is 256 Å². The van der Waals surface area contributed by atoms with E-state index < -0.39 is 23.5 Å². The molecule has 2 heterocycles. The number of hydrogen-bond acceptors (Lipinski definition) is 6. The summed E-state index contributed by atoms with van der Waals surface area (Å²) in [6.45, 7) is 4.03. The van der Waals surface area contributed by atoms with E-state index in [0.29, 0.717) is 32.2 Å². The molecule has 0 aliphatic heterocycles. The molecule has 0 N–H and O–H groups in total. The number of methoxy groups -OCH3 is 2. The van der Waals surface area contributed by atoms with E-state index >= 15 is 0 Å². The van der Waals surface area contributed by atoms with E-state index in [4.69, 9.17) is 9.47 Å². The molecule has 0 fully saturated rings. The molecule has 0 saturated carbocycles. The molecule has 0 amide bonds. The Morgan fingerprint density at radius 3 is 1.48 bits per heavy atom. The number of ether oxygens (including phenoxy) is 2. The fourth-order valence-electron chi connectivity index (χ4n) is 4.30. The summed E-state index contributed by atoms with van der Waals surface area (Å²) in [5.74, 6) is 1.12. The maximum Gasteiger partial charge on any atom is 0.416 e. The summed E-state index contributed by atoms with van der Waals surface area (Å²) in [6.07, 6.45) is -8.71. The van der Waals surface area contributed by atoms with Gasteiger partial charge in [-0.05, 0) is 85.6 Å². The first-order valence-electron chi connectivity index (χ1n) is 13.0. The lowest BCUT2D eigenvalue weighted by atomic mass is 10.1. The first-order valence-corrected chi connectivity index (χ1v) is 14.7. The molecule has 0 aliphatic rings. The summed E-state index contributed by atoms with van der Waals surface area (Å²) >= 11 is 2.73. The number of hydrogen-bond donors (Lipinski definition) is 0. The molecule has 4 nitrogen and oxygen atoms in total. The lowest BCUT2D eigenvalue weighted by Crippen LogP contribution is -2.03. The minimum atomic E-state index is -4.37. The van der Waals surface area contributed by atoms with Gasteiger partial charge in [0.15, 0.2) is 11.5 Å². The fraction of sp³-hybridized carbons (Fsp3) is 0.188. The first kappa shape index (κ1) is 31.3. The van der Waals surface area contributed by atoms with Crippen molar-refractivity contribution in [2.75, 3.05) is 14.2 Å². The molecule has 0 aliphatic carbocycles. The molecular formula is C32H24F6N2O2S2. The molecule has 12 heteroatoms. The third-order valence-electron chi connectivity index (χ3n) is 6.81. The molecule has 6 aromatic rings. The SMILES string of the molecule is COc1ccc(-c2nc3cc(C(F)(F)F)ccc3s2)cc1OC.Cc1ccc(-c2nc3cc(C(F)(F)F)ccc3s2)cc1C. The van der Waals surface area contributed by atoms with Crippen LogP contribution in [0, 0.1) is 13.8 Å². The highest BCUT2D eigenvalue weighted by molar-refractivity contribution is 7.22. The second-order valence-electron chi connectivity index (χ2n) is 9.77. The van der Waals surface area contributed by atoms with Crippen molar-refractivity contribution < 1.29 is 35.8 Å². The van der Waals surface area contributed by atoms with Crippen molar-refractivity contribution in [3.63, 3.8) is 0 Å². The van der Waals surface area contributed by atoms with Crippen molar-refractivity contribution in [1.82, 2.24) is 9.97 Å². The molecule has 0 saturated heterocycles. The summed E-state index contributed by atoms with van der Waals surface area (Å²) in [5.41, 5.74) is 3.38. The van der Waals surface area contributed by atoms with E-state index in [-0.39, 0.29) is 0 Å². The zero-order chi connectivity index (χ0) is 31.8. The van der Waals surface area contributed by atoms with Gasteiger partial charge >= 0.3 is 12.4 Å². The summed E-state index contributed by atoms with van der Waals surface area (Å²) in [6, 6.07) is 18.5. The number of alkyl halides is 6. The molecule has 6 rings (SSSR count). The second-order valence-corrected chi connectivity index (χ2v) is 11.8. The molecule has 0 radical (unpaired) electrons. The van der Waals surface area contributed by atoms with Gasteiger partial charge in [-0.25, -0.2) is 9.97 Å². The Balaban J connectivity index is 0.000000175. The number of aromatic nitrogens is 2. The van der Waals surface area contributed by atoms with Crippen molar-refractivity contribution in [3.05, 3.63) is 95.1 Å². The van der Waals surface area contributed by atoms with Crippen LogP contribution in [0.5, 0.6) is 11.5 Å². The molecule has 0 atom stereocenters. The van der Waals surface area contributed by atoms with Crippen LogP contribution in [-0.2, 0) is 12.4 Å². The second kappa shape index (κ2) is 12.1. The Morgan fingerprint density at radius 1 is 0.545 bits per heavy atom. The van der Waals surface area contributed by atoms with Crippen molar-refractivity contribution in [2.45, 2.75) is 26.2 Å². The summed E-state index contributed by atoms with van der Waals surface area (Å²) in [7, 11) is 3.06. The predicted octanol–water partition coefficient (Wildman–Crippen LogP) is 10.6. The van der Waals surface area contributed by atoms with Gasteiger partial charge in [-0.2, -0.15) is 26.3 Å². The molecule has 44 heavy (non-hydrogen) atoms. The molecule has 0 unspecified atom stereocenters. The monoisotopic (exact) mass is 646 g/mol. The largest absolute Gasteiger partial charge is 0.493 e. The zero-order valence-electron chi connectivity index (χ0n) is 23.7. The lowest BCUT2D eigenvalue weighted by Gasteiger charge is -2.08. The normalized spacial score (nSPS) is 11.9. The lowest BCUT2D eigenvalue weighted by molar-refractivity contribution is -0.138. The van der Waals surface area contributed by atoms with Gasteiger partial charge in [0.1, 0.15) is 10.0 Å². The van der Waals surface area contributed by atoms with Crippen LogP contribution in [0.2, 0.25) is 0 Å². The summed E-state index contributed by atoms with van der Waals surface area (Å²) in [4.78, 5) is 8.66. The molecular weight excluding hydrogens is 622 g/mol. The topological polar surface area (TPSA) is 44.2 Å². The van der Waals surface area contributed by atoms with Crippen LogP contribution in [0.15, 0.2) is 72.8 Å². The number of rotatable bonds is 4. The number of benzene rings is 4. The van der Waals surface area contributed by atoms with E-state index in [0.717, 1.165) is 50.7 Å². The van der Waals surface area contributed by atoms with Crippen molar-refractivity contribution >= 4 is 43.1 Å². The number of halogens is 6. The third-order valence-corrected chi connectivity index (χ3v) is 8.99. The number of nitrogens with zero attached hydrogens (tertiary/aromatic N) is 2. The summed E-state index contributed by atoms with van der Waals surface area (Å²) < 4.78 is 88.3. The van der Waals surface area contributed by atoms with Gasteiger partial charge in [0.2, 0.25) is 0 Å². The smallest absolute Gasteiger partial charge is 0.416 e. The van der Waals surface area contributed by atoms with E-state index in [1.807, 2.05) is 32.0 Å². The van der Waals surface area contributed by atoms with Crippen LogP contribution in [0.1, 0.15) is 22.3 Å². The molecule has 2 aromatic heterocycles. The van der Waals surface area contributed by atoms with Crippen molar-refractivity contribution in [3.8, 4) is 32.6 Å². The standard InChI is InChI=1S/C16H12F3NO2S.C16H12F3NS/c1-21-12-5-3-9(7-13(12)22-2)15-20-11-8-10(16(17,18)19)4-6-14(11)23-15;1-9-3-4-11(7-10(9)2)15-20-13-8-12(16(17,18)19)5-6-14(13)21-15/h3-8H,1-2H3;3-8H,1-2H3. The number of thiazole rings is 2. The van der Waals surface area contributed by atoms with Gasteiger partial charge in [0, 0.05) is 11.1 Å². The first-order chi connectivity index (χ1) is 20.8. The molecule has 0 spiro atoms.